The van der Waals surface area contributed by atoms with Crippen LogP contribution in [0.15, 0.2) is 11.3 Å². The first kappa shape index (κ1) is 12.4. The molecule has 2 aliphatic rings. The summed E-state index contributed by atoms with van der Waals surface area (Å²) in [5.74, 6) is -0.958. The van der Waals surface area contributed by atoms with Gasteiger partial charge >= 0.3 is 5.97 Å². The van der Waals surface area contributed by atoms with Crippen LogP contribution in [0.25, 0.3) is 0 Å². The van der Waals surface area contributed by atoms with E-state index in [1.807, 2.05) is 0 Å². The Morgan fingerprint density at radius 1 is 1.47 bits per heavy atom. The minimum absolute atomic E-state index is 0.103. The molecule has 3 N–H and O–H groups in total. The average molecular weight is 240 g/mol. The highest BCUT2D eigenvalue weighted by molar-refractivity contribution is 5.88. The number of rotatable bonds is 3. The first-order valence-electron chi connectivity index (χ1n) is 6.33. The summed E-state index contributed by atoms with van der Waals surface area (Å²) in [4.78, 5) is 11.1. The van der Waals surface area contributed by atoms with Crippen LogP contribution in [0.1, 0.15) is 45.4 Å². The molecule has 1 saturated carbocycles. The highest BCUT2D eigenvalue weighted by Crippen LogP contribution is 2.48. The maximum atomic E-state index is 11.1. The Labute approximate surface area is 101 Å². The molecule has 4 heteroatoms. The molecule has 3 unspecified atom stereocenters. The van der Waals surface area contributed by atoms with Gasteiger partial charge in [-0.3, -0.25) is 0 Å². The van der Waals surface area contributed by atoms with Gasteiger partial charge in [-0.2, -0.15) is 0 Å². The molecule has 0 amide bonds. The lowest BCUT2D eigenvalue weighted by Gasteiger charge is -2.44. The lowest BCUT2D eigenvalue weighted by atomic mass is 9.64. The summed E-state index contributed by atoms with van der Waals surface area (Å²) in [6, 6.07) is 0. The van der Waals surface area contributed by atoms with E-state index in [0.717, 1.165) is 19.3 Å². The van der Waals surface area contributed by atoms with Crippen LogP contribution in [0.4, 0.5) is 0 Å². The lowest BCUT2D eigenvalue weighted by Crippen LogP contribution is -2.44. The minimum Gasteiger partial charge on any atom is -0.512 e. The quantitative estimate of drug-likeness (QED) is 0.707. The fraction of sp³-hybridized carbons (Fsp3) is 0.769. The standard InChI is InChI=1S/C13H20O4/c1-2-3-8-4-9-6-13(17,5-8)7-10(14)11(9)12(15)16/h8-9,14,17H,2-7H2,1H3,(H,15,16). The van der Waals surface area contributed by atoms with E-state index in [2.05, 4.69) is 6.92 Å². The molecule has 1 fully saturated rings. The van der Waals surface area contributed by atoms with E-state index in [1.54, 1.807) is 0 Å². The van der Waals surface area contributed by atoms with Gasteiger partial charge in [0.05, 0.1) is 11.2 Å². The number of aliphatic hydroxyl groups excluding tert-OH is 1. The van der Waals surface area contributed by atoms with Crippen LogP contribution in [-0.4, -0.2) is 26.9 Å². The van der Waals surface area contributed by atoms with Crippen molar-refractivity contribution in [2.75, 3.05) is 0 Å². The average Bonchev–Trinajstić information content (AvgIpc) is 2.13. The summed E-state index contributed by atoms with van der Waals surface area (Å²) >= 11 is 0. The van der Waals surface area contributed by atoms with Gasteiger partial charge in [-0.1, -0.05) is 19.8 Å². The molecular formula is C13H20O4. The van der Waals surface area contributed by atoms with Gasteiger partial charge in [-0.25, -0.2) is 4.79 Å². The maximum absolute atomic E-state index is 11.1. The number of fused-ring (bicyclic) bond motifs is 2. The summed E-state index contributed by atoms with van der Waals surface area (Å²) < 4.78 is 0. The van der Waals surface area contributed by atoms with Crippen molar-refractivity contribution in [1.82, 2.24) is 0 Å². The van der Waals surface area contributed by atoms with Crippen molar-refractivity contribution in [3.63, 3.8) is 0 Å². The molecule has 17 heavy (non-hydrogen) atoms. The van der Waals surface area contributed by atoms with Crippen LogP contribution in [0.5, 0.6) is 0 Å². The summed E-state index contributed by atoms with van der Waals surface area (Å²) in [6.07, 6.45) is 4.12. The number of aliphatic carboxylic acids is 1. The Kier molecular flexibility index (Phi) is 3.17. The molecule has 0 heterocycles. The number of hydrogen-bond acceptors (Lipinski definition) is 3. The molecular weight excluding hydrogens is 220 g/mol. The zero-order valence-electron chi connectivity index (χ0n) is 10.1. The molecule has 2 rings (SSSR count). The molecule has 0 aromatic heterocycles. The first-order valence-corrected chi connectivity index (χ1v) is 6.33. The summed E-state index contributed by atoms with van der Waals surface area (Å²) in [7, 11) is 0. The summed E-state index contributed by atoms with van der Waals surface area (Å²) in [5, 5.41) is 29.3. The molecule has 3 atom stereocenters. The van der Waals surface area contributed by atoms with E-state index in [9.17, 15) is 15.0 Å². The van der Waals surface area contributed by atoms with E-state index < -0.39 is 11.6 Å². The topological polar surface area (TPSA) is 77.8 Å². The number of aliphatic hydroxyl groups is 2. The van der Waals surface area contributed by atoms with Gasteiger partial charge in [-0.05, 0) is 31.1 Å². The molecule has 0 radical (unpaired) electrons. The highest BCUT2D eigenvalue weighted by atomic mass is 16.4. The Bertz CT molecular complexity index is 360. The third-order valence-electron chi connectivity index (χ3n) is 4.06. The van der Waals surface area contributed by atoms with E-state index in [1.165, 1.54) is 0 Å². The summed E-state index contributed by atoms with van der Waals surface area (Å²) in [5.41, 5.74) is -0.748. The van der Waals surface area contributed by atoms with Crippen molar-refractivity contribution in [1.29, 1.82) is 0 Å². The van der Waals surface area contributed by atoms with Crippen molar-refractivity contribution in [3.8, 4) is 0 Å². The predicted molar refractivity (Wildman–Crippen MR) is 62.6 cm³/mol. The van der Waals surface area contributed by atoms with Crippen molar-refractivity contribution in [2.45, 2.75) is 51.0 Å². The van der Waals surface area contributed by atoms with Crippen LogP contribution in [0, 0.1) is 11.8 Å². The van der Waals surface area contributed by atoms with Crippen molar-refractivity contribution in [3.05, 3.63) is 11.3 Å². The molecule has 0 aliphatic heterocycles. The third-order valence-corrected chi connectivity index (χ3v) is 4.06. The smallest absolute Gasteiger partial charge is 0.335 e. The molecule has 0 aromatic rings. The largest absolute Gasteiger partial charge is 0.512 e. The molecule has 4 nitrogen and oxygen atoms in total. The van der Waals surface area contributed by atoms with Crippen LogP contribution in [0.2, 0.25) is 0 Å². The monoisotopic (exact) mass is 240 g/mol. The Morgan fingerprint density at radius 3 is 2.76 bits per heavy atom. The van der Waals surface area contributed by atoms with Crippen LogP contribution in [-0.2, 0) is 4.79 Å². The van der Waals surface area contributed by atoms with Crippen molar-refractivity contribution in [2.24, 2.45) is 11.8 Å². The number of carboxylic acid groups (broad SMARTS) is 1. The van der Waals surface area contributed by atoms with Crippen LogP contribution < -0.4 is 0 Å². The van der Waals surface area contributed by atoms with E-state index in [4.69, 9.17) is 5.11 Å². The van der Waals surface area contributed by atoms with Gasteiger partial charge in [0.2, 0.25) is 0 Å². The van der Waals surface area contributed by atoms with Crippen LogP contribution >= 0.6 is 0 Å². The van der Waals surface area contributed by atoms with Crippen LogP contribution in [0.3, 0.4) is 0 Å². The number of hydrogen-bond donors (Lipinski definition) is 3. The fourth-order valence-corrected chi connectivity index (χ4v) is 3.58. The Morgan fingerprint density at radius 2 is 2.18 bits per heavy atom. The first-order chi connectivity index (χ1) is 7.95. The maximum Gasteiger partial charge on any atom is 0.335 e. The second kappa shape index (κ2) is 4.33. The molecule has 0 aromatic carbocycles. The Hall–Kier alpha value is -1.03. The van der Waals surface area contributed by atoms with E-state index in [0.29, 0.717) is 18.8 Å². The predicted octanol–water partition coefficient (Wildman–Crippen LogP) is 2.23. The number of carboxylic acids is 1. The minimum atomic E-state index is -1.04. The number of carbonyl (C=O) groups is 1. The second-order valence-corrected chi connectivity index (χ2v) is 5.56. The highest BCUT2D eigenvalue weighted by Gasteiger charge is 2.46. The van der Waals surface area contributed by atoms with Gasteiger partial charge in [0, 0.05) is 6.42 Å². The van der Waals surface area contributed by atoms with E-state index in [-0.39, 0.29) is 23.7 Å². The second-order valence-electron chi connectivity index (χ2n) is 5.56. The Balaban J connectivity index is 2.26. The normalized spacial score (nSPS) is 37.1. The SMILES string of the molecule is CCCC1CC2CC(O)(CC(O)=C2C(=O)O)C1. The van der Waals surface area contributed by atoms with E-state index >= 15 is 0 Å². The zero-order valence-corrected chi connectivity index (χ0v) is 10.1. The molecule has 2 bridgehead atoms. The lowest BCUT2D eigenvalue weighted by molar-refractivity contribution is -0.135. The zero-order chi connectivity index (χ0) is 12.6. The molecule has 0 saturated heterocycles. The fourth-order valence-electron chi connectivity index (χ4n) is 3.58. The van der Waals surface area contributed by atoms with Gasteiger partial charge in [0.1, 0.15) is 5.76 Å². The third kappa shape index (κ3) is 2.32. The van der Waals surface area contributed by atoms with Gasteiger partial charge in [0.15, 0.2) is 0 Å². The summed E-state index contributed by atoms with van der Waals surface area (Å²) in [6.45, 7) is 2.10. The molecule has 0 spiro atoms. The molecule has 96 valence electrons. The van der Waals surface area contributed by atoms with Gasteiger partial charge < -0.3 is 15.3 Å². The van der Waals surface area contributed by atoms with Crippen molar-refractivity contribution < 1.29 is 20.1 Å². The molecule has 2 aliphatic carbocycles. The van der Waals surface area contributed by atoms with Gasteiger partial charge in [-0.15, -0.1) is 0 Å². The van der Waals surface area contributed by atoms with Gasteiger partial charge in [0.25, 0.3) is 0 Å². The van der Waals surface area contributed by atoms with Crippen molar-refractivity contribution >= 4 is 5.97 Å².